The van der Waals surface area contributed by atoms with Gasteiger partial charge in [0.05, 0.1) is 0 Å². The predicted octanol–water partition coefficient (Wildman–Crippen LogP) is 0.952. The minimum absolute atomic E-state index is 0.244. The minimum atomic E-state index is 0.244. The van der Waals surface area contributed by atoms with Gasteiger partial charge in [0.15, 0.2) is 0 Å². The van der Waals surface area contributed by atoms with Gasteiger partial charge in [-0.05, 0) is 18.8 Å². The summed E-state index contributed by atoms with van der Waals surface area (Å²) in [7, 11) is 0. The number of hydrogen-bond acceptors (Lipinski definition) is 2. The molecule has 72 valence electrons. The smallest absolute Gasteiger partial charge is 0.209 e. The van der Waals surface area contributed by atoms with E-state index in [1.165, 1.54) is 32.1 Å². The van der Waals surface area contributed by atoms with E-state index in [0.29, 0.717) is 5.92 Å². The summed E-state index contributed by atoms with van der Waals surface area (Å²) < 4.78 is 0. The summed E-state index contributed by atoms with van der Waals surface area (Å²) in [6.07, 6.45) is 8.20. The van der Waals surface area contributed by atoms with E-state index in [2.05, 4.69) is 10.3 Å². The molecule has 1 saturated carbocycles. The lowest BCUT2D eigenvalue weighted by molar-refractivity contribution is 0.356. The molecule has 13 heavy (non-hydrogen) atoms. The van der Waals surface area contributed by atoms with Gasteiger partial charge in [-0.15, -0.1) is 4.99 Å². The third-order valence-electron chi connectivity index (χ3n) is 2.47. The molecular weight excluding hydrogens is 164 g/mol. The standard InChI is InChI=1S/C9H16N4/c10-7-13-9(11)12-6-8-4-2-1-3-5-8/h8H,1-6H2,(H3,11,12,13). The van der Waals surface area contributed by atoms with Crippen LogP contribution in [0.15, 0.2) is 4.99 Å². The number of nitrogens with two attached hydrogens (primary N) is 1. The molecule has 1 aliphatic carbocycles. The van der Waals surface area contributed by atoms with E-state index >= 15 is 0 Å². The summed E-state index contributed by atoms with van der Waals surface area (Å²) in [5.41, 5.74) is 5.42. The van der Waals surface area contributed by atoms with Crippen LogP contribution in [-0.4, -0.2) is 12.5 Å². The molecule has 0 spiro atoms. The Balaban J connectivity index is 2.18. The molecule has 0 aromatic carbocycles. The summed E-state index contributed by atoms with van der Waals surface area (Å²) in [6.45, 7) is 0.858. The molecule has 0 aromatic rings. The van der Waals surface area contributed by atoms with E-state index in [4.69, 9.17) is 11.0 Å². The van der Waals surface area contributed by atoms with Crippen LogP contribution in [0.2, 0.25) is 0 Å². The number of nitrogens with zero attached hydrogens (tertiary/aromatic N) is 2. The van der Waals surface area contributed by atoms with Gasteiger partial charge in [-0.2, -0.15) is 5.26 Å². The van der Waals surface area contributed by atoms with Crippen molar-refractivity contribution in [2.45, 2.75) is 32.1 Å². The maximum Gasteiger partial charge on any atom is 0.209 e. The molecule has 0 bridgehead atoms. The van der Waals surface area contributed by atoms with Crippen LogP contribution in [0.25, 0.3) is 0 Å². The molecule has 1 rings (SSSR count). The van der Waals surface area contributed by atoms with Gasteiger partial charge in [0.1, 0.15) is 0 Å². The minimum Gasteiger partial charge on any atom is -0.369 e. The lowest BCUT2D eigenvalue weighted by atomic mass is 9.89. The Labute approximate surface area is 78.8 Å². The van der Waals surface area contributed by atoms with Crippen molar-refractivity contribution in [2.75, 3.05) is 6.54 Å². The van der Waals surface area contributed by atoms with E-state index in [1.54, 1.807) is 6.19 Å². The zero-order valence-corrected chi connectivity index (χ0v) is 7.79. The number of nitriles is 1. The molecule has 0 aromatic heterocycles. The summed E-state index contributed by atoms with van der Waals surface area (Å²) >= 11 is 0. The first kappa shape index (κ1) is 9.85. The lowest BCUT2D eigenvalue weighted by Crippen LogP contribution is -2.35. The van der Waals surface area contributed by atoms with Crippen LogP contribution in [0.1, 0.15) is 32.1 Å². The Hall–Kier alpha value is -1.24. The highest BCUT2D eigenvalue weighted by atomic mass is 15.1. The molecule has 3 N–H and O–H groups in total. The highest BCUT2D eigenvalue weighted by Gasteiger charge is 2.12. The lowest BCUT2D eigenvalue weighted by Gasteiger charge is -2.21. The predicted molar refractivity (Wildman–Crippen MR) is 51.8 cm³/mol. The molecule has 1 fully saturated rings. The first-order valence-electron chi connectivity index (χ1n) is 4.79. The molecule has 0 saturated heterocycles. The van der Waals surface area contributed by atoms with Crippen molar-refractivity contribution in [2.24, 2.45) is 16.6 Å². The van der Waals surface area contributed by atoms with Gasteiger partial charge >= 0.3 is 0 Å². The van der Waals surface area contributed by atoms with Crippen LogP contribution < -0.4 is 11.1 Å². The fourth-order valence-corrected chi connectivity index (χ4v) is 1.73. The molecule has 4 heteroatoms. The molecule has 0 atom stereocenters. The van der Waals surface area contributed by atoms with Crippen LogP contribution in [0, 0.1) is 17.4 Å². The van der Waals surface area contributed by atoms with Crippen LogP contribution in [0.5, 0.6) is 0 Å². The fraction of sp³-hybridized carbons (Fsp3) is 0.778. The van der Waals surface area contributed by atoms with E-state index in [-0.39, 0.29) is 5.96 Å². The first-order valence-corrected chi connectivity index (χ1v) is 4.79. The van der Waals surface area contributed by atoms with Gasteiger partial charge in [0.2, 0.25) is 12.2 Å². The number of rotatable bonds is 2. The molecule has 0 radical (unpaired) electrons. The van der Waals surface area contributed by atoms with Crippen molar-refractivity contribution in [3.63, 3.8) is 0 Å². The third-order valence-corrected chi connectivity index (χ3v) is 2.47. The monoisotopic (exact) mass is 180 g/mol. The van der Waals surface area contributed by atoms with Gasteiger partial charge in [-0.1, -0.05) is 19.3 Å². The Morgan fingerprint density at radius 2 is 2.15 bits per heavy atom. The second-order valence-electron chi connectivity index (χ2n) is 3.48. The SMILES string of the molecule is N#CN=C(N)NCC1CCCCC1. The highest BCUT2D eigenvalue weighted by Crippen LogP contribution is 2.22. The average Bonchev–Trinajstić information content (AvgIpc) is 2.17. The number of nitrogens with one attached hydrogen (secondary N) is 1. The Bertz CT molecular complexity index is 210. The largest absolute Gasteiger partial charge is 0.369 e. The zero-order valence-electron chi connectivity index (χ0n) is 7.79. The second kappa shape index (κ2) is 5.41. The molecule has 4 nitrogen and oxygen atoms in total. The van der Waals surface area contributed by atoms with E-state index in [1.807, 2.05) is 0 Å². The third kappa shape index (κ3) is 3.79. The van der Waals surface area contributed by atoms with Crippen molar-refractivity contribution in [1.29, 1.82) is 5.26 Å². The van der Waals surface area contributed by atoms with Gasteiger partial charge < -0.3 is 11.1 Å². The molecule has 0 unspecified atom stereocenters. The van der Waals surface area contributed by atoms with Gasteiger partial charge in [0.25, 0.3) is 0 Å². The number of guanidine groups is 1. The van der Waals surface area contributed by atoms with Gasteiger partial charge in [-0.25, -0.2) is 0 Å². The van der Waals surface area contributed by atoms with Crippen LogP contribution in [0.3, 0.4) is 0 Å². The van der Waals surface area contributed by atoms with Crippen LogP contribution >= 0.6 is 0 Å². The quantitative estimate of drug-likeness (QED) is 0.377. The van der Waals surface area contributed by atoms with Crippen molar-refractivity contribution in [3.05, 3.63) is 0 Å². The van der Waals surface area contributed by atoms with E-state index in [9.17, 15) is 0 Å². The Kier molecular flexibility index (Phi) is 4.10. The molecule has 0 aliphatic heterocycles. The van der Waals surface area contributed by atoms with Gasteiger partial charge in [-0.3, -0.25) is 0 Å². The molecular formula is C9H16N4. The molecule has 0 heterocycles. The Morgan fingerprint density at radius 3 is 2.77 bits per heavy atom. The summed E-state index contributed by atoms with van der Waals surface area (Å²) in [5, 5.41) is 11.2. The van der Waals surface area contributed by atoms with Crippen LogP contribution in [0.4, 0.5) is 0 Å². The van der Waals surface area contributed by atoms with Crippen molar-refractivity contribution in [1.82, 2.24) is 5.32 Å². The maximum atomic E-state index is 8.22. The summed E-state index contributed by atoms with van der Waals surface area (Å²) in [5.74, 6) is 0.953. The number of hydrogen-bond donors (Lipinski definition) is 2. The Morgan fingerprint density at radius 1 is 1.46 bits per heavy atom. The van der Waals surface area contributed by atoms with Crippen molar-refractivity contribution < 1.29 is 0 Å². The summed E-state index contributed by atoms with van der Waals surface area (Å²) in [4.78, 5) is 3.40. The first-order chi connectivity index (χ1) is 6.33. The van der Waals surface area contributed by atoms with E-state index in [0.717, 1.165) is 6.54 Å². The van der Waals surface area contributed by atoms with E-state index < -0.39 is 0 Å². The zero-order chi connectivity index (χ0) is 9.52. The maximum absolute atomic E-state index is 8.22. The topological polar surface area (TPSA) is 74.2 Å². The average molecular weight is 180 g/mol. The molecule has 1 aliphatic rings. The van der Waals surface area contributed by atoms with Crippen molar-refractivity contribution in [3.8, 4) is 6.19 Å². The van der Waals surface area contributed by atoms with Crippen LogP contribution in [-0.2, 0) is 0 Å². The summed E-state index contributed by atoms with van der Waals surface area (Å²) in [6, 6.07) is 0. The van der Waals surface area contributed by atoms with Gasteiger partial charge in [0, 0.05) is 6.54 Å². The highest BCUT2D eigenvalue weighted by molar-refractivity contribution is 5.78. The fourth-order valence-electron chi connectivity index (χ4n) is 1.73. The molecule has 0 amide bonds. The normalized spacial score (nSPS) is 19.5. The number of aliphatic imine (C=N–C) groups is 1. The second-order valence-corrected chi connectivity index (χ2v) is 3.48. The van der Waals surface area contributed by atoms with Crippen molar-refractivity contribution >= 4 is 5.96 Å².